The minimum absolute atomic E-state index is 0.0818. The van der Waals surface area contributed by atoms with Crippen LogP contribution in [-0.4, -0.2) is 49.4 Å². The Morgan fingerprint density at radius 3 is 2.61 bits per heavy atom. The summed E-state index contributed by atoms with van der Waals surface area (Å²) in [5, 5.41) is 9.01. The van der Waals surface area contributed by atoms with E-state index in [0.717, 1.165) is 22.7 Å². The smallest absolute Gasteiger partial charge is 0.269 e. The van der Waals surface area contributed by atoms with Crippen LogP contribution in [0.3, 0.4) is 0 Å². The minimum atomic E-state index is -0.414. The highest BCUT2D eigenvalue weighted by Crippen LogP contribution is 2.17. The number of hydrogen-bond donors (Lipinski definition) is 3. The Balaban J connectivity index is 1.24. The van der Waals surface area contributed by atoms with Gasteiger partial charge in [-0.25, -0.2) is 4.98 Å². The van der Waals surface area contributed by atoms with E-state index in [-0.39, 0.29) is 11.7 Å². The highest BCUT2D eigenvalue weighted by molar-refractivity contribution is 7.99. The van der Waals surface area contributed by atoms with Gasteiger partial charge in [0.1, 0.15) is 17.4 Å². The summed E-state index contributed by atoms with van der Waals surface area (Å²) in [6.45, 7) is 0. The van der Waals surface area contributed by atoms with E-state index in [1.807, 2.05) is 35.9 Å². The zero-order chi connectivity index (χ0) is 23.2. The van der Waals surface area contributed by atoms with E-state index in [1.165, 1.54) is 11.8 Å². The maximum atomic E-state index is 12.1. The summed E-state index contributed by atoms with van der Waals surface area (Å²) in [6, 6.07) is 14.5. The molecule has 2 aromatic heterocycles. The van der Waals surface area contributed by atoms with E-state index in [2.05, 4.69) is 31.0 Å². The lowest BCUT2D eigenvalue weighted by atomic mass is 10.2. The van der Waals surface area contributed by atoms with Gasteiger partial charge < -0.3 is 14.3 Å². The molecule has 4 aromatic rings. The Bertz CT molecular complexity index is 1230. The van der Waals surface area contributed by atoms with Gasteiger partial charge in [-0.2, -0.15) is 0 Å². The molecule has 10 nitrogen and oxygen atoms in total. The number of thioether (sulfide) groups is 1. The van der Waals surface area contributed by atoms with Crippen LogP contribution in [0, 0.1) is 0 Å². The van der Waals surface area contributed by atoms with Gasteiger partial charge in [-0.05, 0) is 36.4 Å². The molecule has 0 radical (unpaired) electrons. The summed E-state index contributed by atoms with van der Waals surface area (Å²) in [7, 11) is 3.41. The quantitative estimate of drug-likeness (QED) is 0.268. The molecule has 170 valence electrons. The number of carbonyl (C=O) groups is 2. The van der Waals surface area contributed by atoms with Crippen molar-refractivity contribution < 1.29 is 14.3 Å². The first-order valence-corrected chi connectivity index (χ1v) is 11.2. The lowest BCUT2D eigenvalue weighted by Gasteiger charge is -2.08. The molecule has 0 saturated heterocycles. The molecule has 0 saturated carbocycles. The van der Waals surface area contributed by atoms with E-state index in [9.17, 15) is 9.59 Å². The van der Waals surface area contributed by atoms with E-state index < -0.39 is 5.91 Å². The normalized spacial score (nSPS) is 10.8. The molecule has 0 fully saturated rings. The molecule has 0 atom stereocenters. The third-order valence-corrected chi connectivity index (χ3v) is 5.97. The molecule has 0 aliphatic heterocycles. The summed E-state index contributed by atoms with van der Waals surface area (Å²) in [5.74, 6) is 1.65. The van der Waals surface area contributed by atoms with Crippen molar-refractivity contribution in [2.45, 2.75) is 18.0 Å². The molecule has 0 aliphatic carbocycles. The minimum Gasteiger partial charge on any atom is -0.497 e. The molecule has 2 amide bonds. The SMILES string of the molecule is COc1ccc(C(=O)NNC(=O)CSc2nnc(CCc3nc4ccccc4[nH]3)n2C)cc1. The average Bonchev–Trinajstić information content (AvgIpc) is 3.42. The van der Waals surface area contributed by atoms with Crippen LogP contribution in [-0.2, 0) is 24.7 Å². The number of rotatable bonds is 8. The van der Waals surface area contributed by atoms with Crippen LogP contribution in [0.1, 0.15) is 22.0 Å². The number of fused-ring (bicyclic) bond motifs is 1. The molecule has 2 heterocycles. The Morgan fingerprint density at radius 2 is 1.85 bits per heavy atom. The zero-order valence-corrected chi connectivity index (χ0v) is 19.0. The molecule has 2 aromatic carbocycles. The van der Waals surface area contributed by atoms with Crippen molar-refractivity contribution in [3.05, 3.63) is 65.7 Å². The second kappa shape index (κ2) is 10.2. The predicted molar refractivity (Wildman–Crippen MR) is 124 cm³/mol. The summed E-state index contributed by atoms with van der Waals surface area (Å²) >= 11 is 1.24. The lowest BCUT2D eigenvalue weighted by molar-refractivity contribution is -0.119. The van der Waals surface area contributed by atoms with Crippen LogP contribution in [0.25, 0.3) is 11.0 Å². The first-order valence-electron chi connectivity index (χ1n) is 10.2. The fraction of sp³-hybridized carbons (Fsp3) is 0.227. The topological polar surface area (TPSA) is 127 Å². The first-order chi connectivity index (χ1) is 16.0. The second-order valence-electron chi connectivity index (χ2n) is 7.18. The number of hydrazine groups is 1. The fourth-order valence-electron chi connectivity index (χ4n) is 3.15. The number of benzene rings is 2. The van der Waals surface area contributed by atoms with E-state index in [0.29, 0.717) is 29.3 Å². The van der Waals surface area contributed by atoms with Crippen LogP contribution >= 0.6 is 11.8 Å². The largest absolute Gasteiger partial charge is 0.497 e. The first kappa shape index (κ1) is 22.3. The van der Waals surface area contributed by atoms with Crippen molar-refractivity contribution in [3.8, 4) is 5.75 Å². The predicted octanol–water partition coefficient (Wildman–Crippen LogP) is 2.04. The van der Waals surface area contributed by atoms with Gasteiger partial charge in [0.15, 0.2) is 5.16 Å². The van der Waals surface area contributed by atoms with Gasteiger partial charge in [0.25, 0.3) is 5.91 Å². The number of H-pyrrole nitrogens is 1. The van der Waals surface area contributed by atoms with Crippen LogP contribution in [0.2, 0.25) is 0 Å². The van der Waals surface area contributed by atoms with Gasteiger partial charge >= 0.3 is 0 Å². The highest BCUT2D eigenvalue weighted by atomic mass is 32.2. The third kappa shape index (κ3) is 5.50. The number of amides is 2. The number of aryl methyl sites for hydroxylation is 2. The number of aromatic amines is 1. The van der Waals surface area contributed by atoms with E-state index in [4.69, 9.17) is 4.74 Å². The van der Waals surface area contributed by atoms with Crippen molar-refractivity contribution in [1.29, 1.82) is 0 Å². The molecular formula is C22H23N7O3S. The van der Waals surface area contributed by atoms with Crippen molar-refractivity contribution in [3.63, 3.8) is 0 Å². The van der Waals surface area contributed by atoms with Crippen molar-refractivity contribution >= 4 is 34.6 Å². The van der Waals surface area contributed by atoms with Crippen LogP contribution in [0.5, 0.6) is 5.75 Å². The van der Waals surface area contributed by atoms with Gasteiger partial charge in [-0.1, -0.05) is 23.9 Å². The molecule has 4 rings (SSSR count). The molecule has 0 unspecified atom stereocenters. The van der Waals surface area contributed by atoms with Gasteiger partial charge in [-0.15, -0.1) is 10.2 Å². The molecule has 0 bridgehead atoms. The number of nitrogens with one attached hydrogen (secondary N) is 3. The molecule has 0 spiro atoms. The highest BCUT2D eigenvalue weighted by Gasteiger charge is 2.13. The van der Waals surface area contributed by atoms with Gasteiger partial charge in [0.05, 0.1) is 23.9 Å². The summed E-state index contributed by atoms with van der Waals surface area (Å²) in [6.07, 6.45) is 1.36. The second-order valence-corrected chi connectivity index (χ2v) is 8.12. The Kier molecular flexibility index (Phi) is 6.89. The fourth-order valence-corrected chi connectivity index (χ4v) is 3.88. The summed E-state index contributed by atoms with van der Waals surface area (Å²) in [4.78, 5) is 32.1. The van der Waals surface area contributed by atoms with Crippen molar-refractivity contribution in [1.82, 2.24) is 35.6 Å². The number of imidazole rings is 1. The molecule has 3 N–H and O–H groups in total. The standard InChI is InChI=1S/C22H23N7O3S/c1-29-19(12-11-18-23-16-5-3-4-6-17(16)24-18)25-28-22(29)33-13-20(30)26-27-21(31)14-7-9-15(32-2)10-8-14/h3-10H,11-13H2,1-2H3,(H,23,24)(H,26,30)(H,27,31). The Morgan fingerprint density at radius 1 is 1.06 bits per heavy atom. The van der Waals surface area contributed by atoms with Crippen LogP contribution < -0.4 is 15.6 Å². The maximum absolute atomic E-state index is 12.1. The van der Waals surface area contributed by atoms with E-state index in [1.54, 1.807) is 31.4 Å². The number of hydrogen-bond acceptors (Lipinski definition) is 7. The average molecular weight is 466 g/mol. The number of methoxy groups -OCH3 is 1. The van der Waals surface area contributed by atoms with Gasteiger partial charge in [0, 0.05) is 25.5 Å². The Labute approximate surface area is 194 Å². The third-order valence-electron chi connectivity index (χ3n) is 4.95. The number of nitrogens with zero attached hydrogens (tertiary/aromatic N) is 4. The van der Waals surface area contributed by atoms with E-state index >= 15 is 0 Å². The molecule has 0 aliphatic rings. The molecule has 11 heteroatoms. The Hall–Kier alpha value is -3.86. The number of para-hydroxylation sites is 2. The van der Waals surface area contributed by atoms with Crippen LogP contribution in [0.4, 0.5) is 0 Å². The maximum Gasteiger partial charge on any atom is 0.269 e. The molecular weight excluding hydrogens is 442 g/mol. The van der Waals surface area contributed by atoms with Gasteiger partial charge in [0.2, 0.25) is 5.91 Å². The zero-order valence-electron chi connectivity index (χ0n) is 18.2. The molecule has 33 heavy (non-hydrogen) atoms. The number of carbonyl (C=O) groups excluding carboxylic acids is 2. The number of ether oxygens (including phenoxy) is 1. The van der Waals surface area contributed by atoms with Crippen molar-refractivity contribution in [2.24, 2.45) is 7.05 Å². The number of aromatic nitrogens is 5. The van der Waals surface area contributed by atoms with Crippen LogP contribution in [0.15, 0.2) is 53.7 Å². The summed E-state index contributed by atoms with van der Waals surface area (Å²) in [5.41, 5.74) is 7.15. The van der Waals surface area contributed by atoms with Crippen molar-refractivity contribution in [2.75, 3.05) is 12.9 Å². The lowest BCUT2D eigenvalue weighted by Crippen LogP contribution is -2.42. The van der Waals surface area contributed by atoms with Gasteiger partial charge in [-0.3, -0.25) is 20.4 Å². The monoisotopic (exact) mass is 465 g/mol. The summed E-state index contributed by atoms with van der Waals surface area (Å²) < 4.78 is 6.92.